The third kappa shape index (κ3) is 3.46. The topological polar surface area (TPSA) is 66.4 Å². The lowest BCUT2D eigenvalue weighted by molar-refractivity contribution is -0.599. The normalized spacial score (nSPS) is 44.9. The van der Waals surface area contributed by atoms with Crippen LogP contribution in [0, 0.1) is 23.7 Å². The van der Waals surface area contributed by atoms with Crippen molar-refractivity contribution in [3.05, 3.63) is 35.4 Å². The number of fused-ring (bicyclic) bond motifs is 2. The number of hydrogen-bond acceptors (Lipinski definition) is 6. The van der Waals surface area contributed by atoms with Gasteiger partial charge in [0.25, 0.3) is 5.79 Å². The molecule has 1 aliphatic carbocycles. The Bertz CT molecular complexity index is 878. The van der Waals surface area contributed by atoms with Crippen molar-refractivity contribution in [2.45, 2.75) is 89.3 Å². The van der Waals surface area contributed by atoms with Gasteiger partial charge in [-0.25, -0.2) is 9.78 Å². The monoisotopic (exact) mass is 472 g/mol. The second-order valence-corrected chi connectivity index (χ2v) is 10.2. The molecule has 2 unspecified atom stereocenters. The van der Waals surface area contributed by atoms with Gasteiger partial charge in [-0.15, -0.1) is 0 Å². The van der Waals surface area contributed by atoms with Gasteiger partial charge in [0.15, 0.2) is 11.9 Å². The summed E-state index contributed by atoms with van der Waals surface area (Å²) in [4.78, 5) is 11.6. The van der Waals surface area contributed by atoms with Gasteiger partial charge in [-0.2, -0.15) is 13.2 Å². The van der Waals surface area contributed by atoms with Crippen LogP contribution in [0.1, 0.15) is 57.6 Å². The van der Waals surface area contributed by atoms with E-state index < -0.39 is 41.5 Å². The molecule has 1 saturated carbocycles. The predicted octanol–water partition coefficient (Wildman–Crippen LogP) is 4.84. The average molecular weight is 473 g/mol. The predicted molar refractivity (Wildman–Crippen MR) is 109 cm³/mol. The van der Waals surface area contributed by atoms with Crippen molar-refractivity contribution < 1.29 is 42.3 Å². The molecule has 1 spiro atoms. The molecular formula is C24H31F3O6. The number of halogens is 3. The van der Waals surface area contributed by atoms with Crippen molar-refractivity contribution in [2.75, 3.05) is 0 Å². The Labute approximate surface area is 191 Å². The van der Waals surface area contributed by atoms with E-state index in [1.165, 1.54) is 6.92 Å². The summed E-state index contributed by atoms with van der Waals surface area (Å²) < 4.78 is 61.9. The van der Waals surface area contributed by atoms with E-state index >= 15 is 0 Å². The molecule has 6 nitrogen and oxygen atoms in total. The number of alkyl halides is 3. The fourth-order valence-electron chi connectivity index (χ4n) is 6.42. The maximum atomic E-state index is 14.8. The number of benzene rings is 1. The molecule has 4 saturated heterocycles. The van der Waals surface area contributed by atoms with E-state index in [0.717, 1.165) is 12.8 Å². The molecule has 0 radical (unpaired) electrons. The quantitative estimate of drug-likeness (QED) is 0.633. The first-order valence-corrected chi connectivity index (χ1v) is 11.7. The highest BCUT2D eigenvalue weighted by molar-refractivity contribution is 5.21. The van der Waals surface area contributed by atoms with Gasteiger partial charge in [0.05, 0.1) is 13.2 Å². The minimum absolute atomic E-state index is 0.0368. The fourth-order valence-corrected chi connectivity index (χ4v) is 6.42. The van der Waals surface area contributed by atoms with Crippen LogP contribution in [0.15, 0.2) is 24.3 Å². The Morgan fingerprint density at radius 1 is 1.00 bits per heavy atom. The van der Waals surface area contributed by atoms with E-state index in [9.17, 15) is 18.3 Å². The molecule has 8 atom stereocenters. The first kappa shape index (κ1) is 23.5. The maximum Gasteiger partial charge on any atom is 0.443 e. The van der Waals surface area contributed by atoms with Crippen LogP contribution in [0.3, 0.4) is 0 Å². The molecule has 0 aromatic heterocycles. The molecule has 1 aromatic carbocycles. The average Bonchev–Trinajstić information content (AvgIpc) is 3.00. The van der Waals surface area contributed by atoms with E-state index in [1.807, 2.05) is 0 Å². The molecule has 5 fully saturated rings. The van der Waals surface area contributed by atoms with Gasteiger partial charge in [-0.1, -0.05) is 38.1 Å². The van der Waals surface area contributed by atoms with Crippen LogP contribution in [0.5, 0.6) is 0 Å². The largest absolute Gasteiger partial charge is 0.443 e. The molecule has 184 valence electrons. The van der Waals surface area contributed by atoms with Crippen molar-refractivity contribution in [1.29, 1.82) is 0 Å². The summed E-state index contributed by atoms with van der Waals surface area (Å²) in [5.74, 6) is -5.37. The summed E-state index contributed by atoms with van der Waals surface area (Å²) in [7, 11) is 0. The molecular weight excluding hydrogens is 441 g/mol. The number of ether oxygens (including phenoxy) is 3. The molecule has 2 bridgehead atoms. The number of aliphatic hydroxyl groups excluding tert-OH is 1. The van der Waals surface area contributed by atoms with E-state index in [4.69, 9.17) is 24.0 Å². The maximum absolute atomic E-state index is 14.8. The van der Waals surface area contributed by atoms with Crippen LogP contribution in [-0.2, 0) is 37.2 Å². The smallest absolute Gasteiger partial charge is 0.392 e. The minimum atomic E-state index is -4.80. The lowest BCUT2D eigenvalue weighted by Crippen LogP contribution is -2.75. The van der Waals surface area contributed by atoms with Crippen molar-refractivity contribution in [3.63, 3.8) is 0 Å². The zero-order valence-corrected chi connectivity index (χ0v) is 19.1. The second kappa shape index (κ2) is 7.90. The Morgan fingerprint density at radius 3 is 2.36 bits per heavy atom. The summed E-state index contributed by atoms with van der Waals surface area (Å²) in [5.41, 5.74) is 0.120. The summed E-state index contributed by atoms with van der Waals surface area (Å²) in [6.07, 6.45) is -3.47. The highest BCUT2D eigenvalue weighted by Gasteiger charge is 2.77. The first-order valence-electron chi connectivity index (χ1n) is 11.7. The Kier molecular flexibility index (Phi) is 5.62. The molecule has 1 N–H and O–H groups in total. The zero-order valence-electron chi connectivity index (χ0n) is 19.1. The highest BCUT2D eigenvalue weighted by Crippen LogP contribution is 2.64. The van der Waals surface area contributed by atoms with E-state index in [1.54, 1.807) is 31.2 Å². The molecule has 6 rings (SSSR count). The van der Waals surface area contributed by atoms with Gasteiger partial charge >= 0.3 is 6.18 Å². The fraction of sp³-hybridized carbons (Fsp3) is 0.750. The van der Waals surface area contributed by atoms with Gasteiger partial charge in [0, 0.05) is 18.3 Å². The molecule has 4 aliphatic heterocycles. The Morgan fingerprint density at radius 2 is 1.70 bits per heavy atom. The van der Waals surface area contributed by atoms with Crippen molar-refractivity contribution in [3.8, 4) is 0 Å². The SMILES string of the molecule is C[C@@H]1CCC2[C@@H](C)[C@](OCc3ccc(CO)cc3)(C(F)(F)F)O[C@@H]3O[C@]4(C)CC[C@@H]1C23OO4. The lowest BCUT2D eigenvalue weighted by atomic mass is 9.57. The zero-order chi connectivity index (χ0) is 23.6. The second-order valence-electron chi connectivity index (χ2n) is 10.2. The number of aliphatic hydroxyl groups is 1. The first-order chi connectivity index (χ1) is 15.5. The van der Waals surface area contributed by atoms with Gasteiger partial charge in [0.2, 0.25) is 5.79 Å². The molecule has 1 aromatic rings. The summed E-state index contributed by atoms with van der Waals surface area (Å²) in [6, 6.07) is 6.60. The highest BCUT2D eigenvalue weighted by atomic mass is 19.4. The summed E-state index contributed by atoms with van der Waals surface area (Å²) >= 11 is 0. The van der Waals surface area contributed by atoms with Crippen molar-refractivity contribution in [2.24, 2.45) is 23.7 Å². The van der Waals surface area contributed by atoms with Crippen LogP contribution in [0.25, 0.3) is 0 Å². The Hall–Kier alpha value is -1.23. The van der Waals surface area contributed by atoms with Crippen LogP contribution >= 0.6 is 0 Å². The van der Waals surface area contributed by atoms with Gasteiger partial charge < -0.3 is 19.3 Å². The molecule has 33 heavy (non-hydrogen) atoms. The van der Waals surface area contributed by atoms with E-state index in [0.29, 0.717) is 24.0 Å². The molecule has 9 heteroatoms. The summed E-state index contributed by atoms with van der Waals surface area (Å²) in [6.45, 7) is 4.89. The lowest BCUT2D eigenvalue weighted by Gasteiger charge is -2.62. The van der Waals surface area contributed by atoms with E-state index in [2.05, 4.69) is 6.92 Å². The molecule has 4 heterocycles. The Balaban J connectivity index is 1.52. The molecule has 0 amide bonds. The van der Waals surface area contributed by atoms with Crippen molar-refractivity contribution >= 4 is 0 Å². The summed E-state index contributed by atoms with van der Waals surface area (Å²) in [5, 5.41) is 9.22. The third-order valence-corrected chi connectivity index (χ3v) is 8.31. The molecule has 5 aliphatic rings. The third-order valence-electron chi connectivity index (χ3n) is 8.31. The van der Waals surface area contributed by atoms with Crippen LogP contribution in [-0.4, -0.2) is 34.7 Å². The van der Waals surface area contributed by atoms with Crippen LogP contribution < -0.4 is 0 Å². The van der Waals surface area contributed by atoms with Crippen LogP contribution in [0.4, 0.5) is 13.2 Å². The van der Waals surface area contributed by atoms with Crippen LogP contribution in [0.2, 0.25) is 0 Å². The van der Waals surface area contributed by atoms with Crippen molar-refractivity contribution in [1.82, 2.24) is 0 Å². The van der Waals surface area contributed by atoms with Gasteiger partial charge in [0.1, 0.15) is 0 Å². The van der Waals surface area contributed by atoms with Gasteiger partial charge in [-0.3, -0.25) is 0 Å². The van der Waals surface area contributed by atoms with Gasteiger partial charge in [-0.05, 0) is 49.1 Å². The standard InChI is InChI=1S/C24H31F3O6/c1-14-4-9-19-15(2)23(24(25,26)27,29-13-17-7-5-16(12-28)6-8-17)31-20-22(19)18(14)10-11-21(3,30-20)32-33-22/h5-8,14-15,18-20,28H,4,9-13H2,1-3H3/t14-,15-,18+,19?,20+,21+,22?,23-/m1/s1. The number of hydrogen-bond donors (Lipinski definition) is 1. The minimum Gasteiger partial charge on any atom is -0.392 e. The number of rotatable bonds is 4. The van der Waals surface area contributed by atoms with E-state index in [-0.39, 0.29) is 25.0 Å².